The van der Waals surface area contributed by atoms with Gasteiger partial charge in [-0.15, -0.1) is 0 Å². The average Bonchev–Trinajstić information content (AvgIpc) is 2.12. The highest BCUT2D eigenvalue weighted by atomic mass is 32.2. The molecule has 1 N–H and O–H groups in total. The molecule has 1 heterocycles. The van der Waals surface area contributed by atoms with Crippen LogP contribution in [0.3, 0.4) is 0 Å². The van der Waals surface area contributed by atoms with Crippen LogP contribution in [-0.4, -0.2) is 22.7 Å². The van der Waals surface area contributed by atoms with Crippen molar-refractivity contribution in [3.63, 3.8) is 0 Å². The first-order chi connectivity index (χ1) is 5.83. The van der Waals surface area contributed by atoms with Crippen molar-refractivity contribution in [3.8, 4) is 0 Å². The van der Waals surface area contributed by atoms with Gasteiger partial charge in [-0.1, -0.05) is 19.3 Å². The molecule has 2 aliphatic rings. The van der Waals surface area contributed by atoms with E-state index in [1.165, 1.54) is 43.6 Å². The lowest BCUT2D eigenvalue weighted by molar-refractivity contribution is 0.00822. The van der Waals surface area contributed by atoms with Crippen molar-refractivity contribution in [1.29, 1.82) is 0 Å². The topological polar surface area (TPSA) is 20.2 Å². The fourth-order valence-corrected chi connectivity index (χ4v) is 4.03. The van der Waals surface area contributed by atoms with Gasteiger partial charge in [-0.25, -0.2) is 0 Å². The minimum absolute atomic E-state index is 0.0130. The minimum Gasteiger partial charge on any atom is -0.392 e. The number of hydrogen-bond acceptors (Lipinski definition) is 2. The molecule has 0 bridgehead atoms. The summed E-state index contributed by atoms with van der Waals surface area (Å²) in [4.78, 5) is 0. The summed E-state index contributed by atoms with van der Waals surface area (Å²) in [6.07, 6.45) is 7.68. The first-order valence-electron chi connectivity index (χ1n) is 5.09. The van der Waals surface area contributed by atoms with Crippen LogP contribution >= 0.6 is 11.8 Å². The maximum Gasteiger partial charge on any atom is 0.0612 e. The van der Waals surface area contributed by atoms with Gasteiger partial charge in [-0.3, -0.25) is 0 Å². The van der Waals surface area contributed by atoms with E-state index in [1.807, 2.05) is 11.8 Å². The van der Waals surface area contributed by atoms with Crippen molar-refractivity contribution >= 4 is 11.8 Å². The molecule has 1 unspecified atom stereocenters. The molecule has 1 saturated carbocycles. The Morgan fingerprint density at radius 1 is 1.17 bits per heavy atom. The second-order valence-electron chi connectivity index (χ2n) is 4.28. The van der Waals surface area contributed by atoms with Crippen molar-refractivity contribution in [2.75, 3.05) is 11.5 Å². The van der Waals surface area contributed by atoms with Gasteiger partial charge in [0.05, 0.1) is 6.10 Å². The summed E-state index contributed by atoms with van der Waals surface area (Å²) in [5, 5.41) is 9.97. The summed E-state index contributed by atoms with van der Waals surface area (Å²) in [7, 11) is 0. The lowest BCUT2D eigenvalue weighted by atomic mass is 9.70. The van der Waals surface area contributed by atoms with E-state index in [4.69, 9.17) is 0 Å². The Labute approximate surface area is 78.9 Å². The van der Waals surface area contributed by atoms with Crippen LogP contribution in [0.2, 0.25) is 0 Å². The van der Waals surface area contributed by atoms with Crippen molar-refractivity contribution in [2.24, 2.45) is 5.41 Å². The highest BCUT2D eigenvalue weighted by Gasteiger charge is 2.40. The van der Waals surface area contributed by atoms with Gasteiger partial charge in [0, 0.05) is 11.2 Å². The van der Waals surface area contributed by atoms with E-state index in [1.54, 1.807) is 0 Å². The normalized spacial score (nSPS) is 35.2. The van der Waals surface area contributed by atoms with Gasteiger partial charge in [0.2, 0.25) is 0 Å². The molecule has 2 heteroatoms. The maximum atomic E-state index is 9.97. The van der Waals surface area contributed by atoms with Crippen LogP contribution in [0, 0.1) is 5.41 Å². The predicted molar refractivity (Wildman–Crippen MR) is 53.5 cm³/mol. The number of rotatable bonds is 0. The van der Waals surface area contributed by atoms with E-state index in [0.717, 1.165) is 6.42 Å². The van der Waals surface area contributed by atoms with Crippen molar-refractivity contribution in [2.45, 2.75) is 44.6 Å². The van der Waals surface area contributed by atoms with E-state index in [0.29, 0.717) is 5.41 Å². The predicted octanol–water partition coefficient (Wildman–Crippen LogP) is 2.43. The first kappa shape index (κ1) is 8.89. The molecule has 0 amide bonds. The fraction of sp³-hybridized carbons (Fsp3) is 1.00. The van der Waals surface area contributed by atoms with E-state index in [-0.39, 0.29) is 6.10 Å². The molecule has 1 aliphatic carbocycles. The summed E-state index contributed by atoms with van der Waals surface area (Å²) in [6.45, 7) is 0. The Balaban J connectivity index is 2.04. The lowest BCUT2D eigenvalue weighted by Crippen LogP contribution is -2.42. The van der Waals surface area contributed by atoms with Crippen molar-refractivity contribution in [1.82, 2.24) is 0 Å². The molecule has 1 atom stereocenters. The number of aliphatic hydroxyl groups excluding tert-OH is 1. The van der Waals surface area contributed by atoms with Gasteiger partial charge in [-0.05, 0) is 25.0 Å². The van der Waals surface area contributed by atoms with Crippen molar-refractivity contribution in [3.05, 3.63) is 0 Å². The summed E-state index contributed by atoms with van der Waals surface area (Å²) in [5.41, 5.74) is 0.334. The summed E-state index contributed by atoms with van der Waals surface area (Å²) >= 11 is 2.04. The van der Waals surface area contributed by atoms with E-state index >= 15 is 0 Å². The third-order valence-corrected chi connectivity index (χ3v) is 4.78. The molecule has 0 aromatic carbocycles. The van der Waals surface area contributed by atoms with Gasteiger partial charge in [0.15, 0.2) is 0 Å². The number of aliphatic hydroxyl groups is 1. The molecule has 12 heavy (non-hydrogen) atoms. The Morgan fingerprint density at radius 3 is 2.58 bits per heavy atom. The van der Waals surface area contributed by atoms with Gasteiger partial charge in [0.1, 0.15) is 0 Å². The Morgan fingerprint density at radius 2 is 1.92 bits per heavy atom. The molecular formula is C10H18OS. The van der Waals surface area contributed by atoms with E-state index < -0.39 is 0 Å². The van der Waals surface area contributed by atoms with Crippen LogP contribution in [0.5, 0.6) is 0 Å². The standard InChI is InChI=1S/C10H18OS/c11-9-4-7-12-8-10(9)5-2-1-3-6-10/h9,11H,1-8H2. The number of hydrogen-bond donors (Lipinski definition) is 1. The SMILES string of the molecule is OC1CCSCC12CCCCC2. The third kappa shape index (κ3) is 1.51. The maximum absolute atomic E-state index is 9.97. The zero-order valence-corrected chi connectivity index (χ0v) is 8.41. The largest absolute Gasteiger partial charge is 0.392 e. The average molecular weight is 186 g/mol. The van der Waals surface area contributed by atoms with Gasteiger partial charge in [0.25, 0.3) is 0 Å². The molecule has 0 radical (unpaired) electrons. The Kier molecular flexibility index (Phi) is 2.66. The van der Waals surface area contributed by atoms with Gasteiger partial charge in [-0.2, -0.15) is 11.8 Å². The van der Waals surface area contributed by atoms with Crippen LogP contribution in [0.25, 0.3) is 0 Å². The molecule has 1 saturated heterocycles. The van der Waals surface area contributed by atoms with Crippen LogP contribution in [0.1, 0.15) is 38.5 Å². The van der Waals surface area contributed by atoms with E-state index in [9.17, 15) is 5.11 Å². The number of thioether (sulfide) groups is 1. The fourth-order valence-electron chi connectivity index (χ4n) is 2.61. The summed E-state index contributed by atoms with van der Waals surface area (Å²) in [6, 6.07) is 0. The molecule has 1 spiro atoms. The van der Waals surface area contributed by atoms with Gasteiger partial charge >= 0.3 is 0 Å². The molecule has 1 nitrogen and oxygen atoms in total. The third-order valence-electron chi connectivity index (χ3n) is 3.48. The minimum atomic E-state index is 0.0130. The highest BCUT2D eigenvalue weighted by Crippen LogP contribution is 2.45. The summed E-state index contributed by atoms with van der Waals surface area (Å²) in [5.74, 6) is 2.39. The monoisotopic (exact) mass is 186 g/mol. The molecule has 0 aromatic rings. The zero-order chi connectivity index (χ0) is 8.44. The lowest BCUT2D eigenvalue weighted by Gasteiger charge is -2.43. The zero-order valence-electron chi connectivity index (χ0n) is 7.59. The van der Waals surface area contributed by atoms with Crippen molar-refractivity contribution < 1.29 is 5.11 Å². The summed E-state index contributed by atoms with van der Waals surface area (Å²) < 4.78 is 0. The van der Waals surface area contributed by atoms with E-state index in [2.05, 4.69) is 0 Å². The molecule has 1 aliphatic heterocycles. The Hall–Kier alpha value is 0.310. The molecule has 70 valence electrons. The van der Waals surface area contributed by atoms with Crippen LogP contribution in [-0.2, 0) is 0 Å². The second-order valence-corrected chi connectivity index (χ2v) is 5.39. The van der Waals surface area contributed by atoms with Crippen LogP contribution in [0.15, 0.2) is 0 Å². The molecule has 2 fully saturated rings. The Bertz CT molecular complexity index is 144. The molecular weight excluding hydrogens is 168 g/mol. The highest BCUT2D eigenvalue weighted by molar-refractivity contribution is 7.99. The molecule has 2 rings (SSSR count). The molecule has 0 aromatic heterocycles. The second kappa shape index (κ2) is 3.59. The van der Waals surface area contributed by atoms with Crippen LogP contribution in [0.4, 0.5) is 0 Å². The first-order valence-corrected chi connectivity index (χ1v) is 6.25. The van der Waals surface area contributed by atoms with Crippen LogP contribution < -0.4 is 0 Å². The quantitative estimate of drug-likeness (QED) is 0.627. The smallest absolute Gasteiger partial charge is 0.0612 e. The van der Waals surface area contributed by atoms with Gasteiger partial charge < -0.3 is 5.11 Å².